The zero-order valence-corrected chi connectivity index (χ0v) is 8.08. The molecular formula is C10H9F3N2O. The Morgan fingerprint density at radius 1 is 1.38 bits per heavy atom. The van der Waals surface area contributed by atoms with Crippen LogP contribution in [0.2, 0.25) is 0 Å². The smallest absolute Gasteiger partial charge is 0.291 e. The van der Waals surface area contributed by atoms with E-state index in [0.717, 1.165) is 18.2 Å². The summed E-state index contributed by atoms with van der Waals surface area (Å²) in [7, 11) is 0. The molecule has 0 spiro atoms. The quantitative estimate of drug-likeness (QED) is 0.351. The van der Waals surface area contributed by atoms with Gasteiger partial charge in [0, 0.05) is 6.08 Å². The van der Waals surface area contributed by atoms with Gasteiger partial charge in [-0.15, -0.1) is 0 Å². The van der Waals surface area contributed by atoms with E-state index in [4.69, 9.17) is 5.84 Å². The number of hydrazine groups is 1. The maximum atomic E-state index is 12.3. The van der Waals surface area contributed by atoms with Crippen molar-refractivity contribution >= 4 is 12.0 Å². The van der Waals surface area contributed by atoms with Crippen LogP contribution in [0.3, 0.4) is 0 Å². The Morgan fingerprint density at radius 2 is 2.06 bits per heavy atom. The lowest BCUT2D eigenvalue weighted by atomic mass is 10.1. The van der Waals surface area contributed by atoms with E-state index in [1.165, 1.54) is 18.2 Å². The molecular weight excluding hydrogens is 221 g/mol. The molecule has 0 aliphatic heterocycles. The first-order valence-electron chi connectivity index (χ1n) is 4.29. The van der Waals surface area contributed by atoms with Crippen molar-refractivity contribution in [2.45, 2.75) is 6.18 Å². The zero-order valence-electron chi connectivity index (χ0n) is 8.08. The van der Waals surface area contributed by atoms with Crippen molar-refractivity contribution in [1.29, 1.82) is 0 Å². The third kappa shape index (κ3) is 3.39. The molecule has 0 saturated heterocycles. The van der Waals surface area contributed by atoms with Gasteiger partial charge in [0.25, 0.3) is 5.91 Å². The van der Waals surface area contributed by atoms with Gasteiger partial charge in [-0.1, -0.05) is 12.1 Å². The molecule has 0 unspecified atom stereocenters. The molecule has 0 heterocycles. The number of rotatable bonds is 2. The molecule has 0 aliphatic rings. The van der Waals surface area contributed by atoms with E-state index in [0.29, 0.717) is 0 Å². The minimum Gasteiger partial charge on any atom is -0.291 e. The predicted molar refractivity (Wildman–Crippen MR) is 52.8 cm³/mol. The van der Waals surface area contributed by atoms with Gasteiger partial charge in [0.05, 0.1) is 5.56 Å². The number of amides is 1. The molecule has 86 valence electrons. The number of hydrogen-bond donors (Lipinski definition) is 2. The van der Waals surface area contributed by atoms with Crippen molar-refractivity contribution in [2.24, 2.45) is 5.84 Å². The number of hydrogen-bond acceptors (Lipinski definition) is 2. The van der Waals surface area contributed by atoms with Gasteiger partial charge in [-0.3, -0.25) is 10.2 Å². The van der Waals surface area contributed by atoms with Crippen LogP contribution in [0.25, 0.3) is 6.08 Å². The summed E-state index contributed by atoms with van der Waals surface area (Å²) in [4.78, 5) is 10.7. The van der Waals surface area contributed by atoms with Crippen molar-refractivity contribution in [1.82, 2.24) is 5.43 Å². The van der Waals surface area contributed by atoms with E-state index >= 15 is 0 Å². The summed E-state index contributed by atoms with van der Waals surface area (Å²) in [6.45, 7) is 0. The number of halogens is 3. The third-order valence-electron chi connectivity index (χ3n) is 1.78. The molecule has 16 heavy (non-hydrogen) atoms. The number of carbonyl (C=O) groups excluding carboxylic acids is 1. The number of alkyl halides is 3. The average Bonchev–Trinajstić information content (AvgIpc) is 2.25. The largest absolute Gasteiger partial charge is 0.416 e. The minimum atomic E-state index is -4.39. The van der Waals surface area contributed by atoms with E-state index in [1.807, 2.05) is 5.43 Å². The number of benzene rings is 1. The maximum absolute atomic E-state index is 12.3. The van der Waals surface area contributed by atoms with Gasteiger partial charge >= 0.3 is 6.18 Å². The van der Waals surface area contributed by atoms with Crippen LogP contribution < -0.4 is 11.3 Å². The van der Waals surface area contributed by atoms with Gasteiger partial charge < -0.3 is 0 Å². The lowest BCUT2D eigenvalue weighted by Gasteiger charge is -2.06. The second kappa shape index (κ2) is 4.80. The Morgan fingerprint density at radius 3 is 2.62 bits per heavy atom. The van der Waals surface area contributed by atoms with E-state index in [1.54, 1.807) is 0 Å². The van der Waals surface area contributed by atoms with E-state index in [-0.39, 0.29) is 5.56 Å². The maximum Gasteiger partial charge on any atom is 0.416 e. The predicted octanol–water partition coefficient (Wildman–Crippen LogP) is 1.71. The Labute approximate surface area is 89.7 Å². The summed E-state index contributed by atoms with van der Waals surface area (Å²) in [5.41, 5.74) is 1.35. The van der Waals surface area contributed by atoms with Crippen molar-refractivity contribution in [3.05, 3.63) is 41.5 Å². The zero-order chi connectivity index (χ0) is 12.2. The van der Waals surface area contributed by atoms with E-state index in [9.17, 15) is 18.0 Å². The minimum absolute atomic E-state index is 0.276. The fourth-order valence-corrected chi connectivity index (χ4v) is 1.04. The van der Waals surface area contributed by atoms with Crippen LogP contribution in [0.1, 0.15) is 11.1 Å². The Balaban J connectivity index is 2.91. The molecule has 3 nitrogen and oxygen atoms in total. The van der Waals surface area contributed by atoms with Crippen molar-refractivity contribution in [3.8, 4) is 0 Å². The van der Waals surface area contributed by atoms with Gasteiger partial charge in [0.2, 0.25) is 0 Å². The van der Waals surface area contributed by atoms with E-state index < -0.39 is 17.6 Å². The van der Waals surface area contributed by atoms with Crippen LogP contribution in [-0.2, 0) is 11.0 Å². The number of nitrogens with one attached hydrogen (secondary N) is 1. The molecule has 0 atom stereocenters. The Kier molecular flexibility index (Phi) is 3.68. The standard InChI is InChI=1S/C10H9F3N2O/c11-10(12,13)8-3-1-2-7(6-8)4-5-9(16)15-14/h1-6H,14H2,(H,15,16)/b5-4+. The molecule has 3 N–H and O–H groups in total. The molecule has 1 rings (SSSR count). The fourth-order valence-electron chi connectivity index (χ4n) is 1.04. The second-order valence-corrected chi connectivity index (χ2v) is 2.97. The highest BCUT2D eigenvalue weighted by Crippen LogP contribution is 2.29. The van der Waals surface area contributed by atoms with Crippen molar-refractivity contribution in [3.63, 3.8) is 0 Å². The van der Waals surface area contributed by atoms with Crippen LogP contribution in [0.5, 0.6) is 0 Å². The SMILES string of the molecule is NNC(=O)/C=C/c1cccc(C(F)(F)F)c1. The van der Waals surface area contributed by atoms with Crippen molar-refractivity contribution < 1.29 is 18.0 Å². The molecule has 1 amide bonds. The normalized spacial score (nSPS) is 11.8. The van der Waals surface area contributed by atoms with Crippen LogP contribution >= 0.6 is 0 Å². The van der Waals surface area contributed by atoms with Crippen LogP contribution in [-0.4, -0.2) is 5.91 Å². The van der Waals surface area contributed by atoms with Crippen LogP contribution in [0, 0.1) is 0 Å². The van der Waals surface area contributed by atoms with Gasteiger partial charge in [0.15, 0.2) is 0 Å². The summed E-state index contributed by atoms with van der Waals surface area (Å²) in [6.07, 6.45) is -2.09. The lowest BCUT2D eigenvalue weighted by Crippen LogP contribution is -2.27. The summed E-state index contributed by atoms with van der Waals surface area (Å²) in [6, 6.07) is 4.62. The highest BCUT2D eigenvalue weighted by atomic mass is 19.4. The van der Waals surface area contributed by atoms with Crippen LogP contribution in [0.4, 0.5) is 13.2 Å². The molecule has 6 heteroatoms. The van der Waals surface area contributed by atoms with Gasteiger partial charge in [-0.2, -0.15) is 13.2 Å². The first kappa shape index (κ1) is 12.3. The molecule has 0 bridgehead atoms. The Bertz CT molecular complexity index is 413. The lowest BCUT2D eigenvalue weighted by molar-refractivity contribution is -0.137. The molecule has 0 saturated carbocycles. The number of carbonyl (C=O) groups is 1. The first-order valence-corrected chi connectivity index (χ1v) is 4.29. The second-order valence-electron chi connectivity index (χ2n) is 2.97. The average molecular weight is 230 g/mol. The van der Waals surface area contributed by atoms with Gasteiger partial charge in [-0.25, -0.2) is 5.84 Å². The molecule has 1 aromatic rings. The highest BCUT2D eigenvalue weighted by Gasteiger charge is 2.30. The van der Waals surface area contributed by atoms with E-state index in [2.05, 4.69) is 0 Å². The summed E-state index contributed by atoms with van der Waals surface area (Å²) >= 11 is 0. The Hall–Kier alpha value is -1.82. The number of nitrogens with two attached hydrogens (primary N) is 1. The topological polar surface area (TPSA) is 55.1 Å². The molecule has 0 fully saturated rings. The molecule has 0 aromatic heterocycles. The van der Waals surface area contributed by atoms with Crippen molar-refractivity contribution in [2.75, 3.05) is 0 Å². The highest BCUT2D eigenvalue weighted by molar-refractivity contribution is 5.91. The molecule has 0 aliphatic carbocycles. The van der Waals surface area contributed by atoms with Crippen LogP contribution in [0.15, 0.2) is 30.3 Å². The third-order valence-corrected chi connectivity index (χ3v) is 1.78. The first-order chi connectivity index (χ1) is 7.43. The molecule has 1 aromatic carbocycles. The monoisotopic (exact) mass is 230 g/mol. The summed E-state index contributed by atoms with van der Waals surface area (Å²) in [5.74, 6) is 4.22. The molecule has 0 radical (unpaired) electrons. The van der Waals surface area contributed by atoms with Gasteiger partial charge in [-0.05, 0) is 23.8 Å². The fraction of sp³-hybridized carbons (Fsp3) is 0.100. The van der Waals surface area contributed by atoms with Gasteiger partial charge in [0.1, 0.15) is 0 Å². The summed E-state index contributed by atoms with van der Waals surface area (Å²) in [5, 5.41) is 0. The summed E-state index contributed by atoms with van der Waals surface area (Å²) < 4.78 is 36.9.